The summed E-state index contributed by atoms with van der Waals surface area (Å²) in [5.74, 6) is 2.42. The molecule has 0 atom stereocenters. The van der Waals surface area contributed by atoms with Gasteiger partial charge in [0, 0.05) is 52.5 Å². The van der Waals surface area contributed by atoms with Crippen molar-refractivity contribution in [3.8, 4) is 11.5 Å². The number of guanidine groups is 1. The van der Waals surface area contributed by atoms with E-state index in [4.69, 9.17) is 14.2 Å². The molecule has 0 saturated heterocycles. The van der Waals surface area contributed by atoms with Crippen LogP contribution in [-0.4, -0.2) is 71.5 Å². The Labute approximate surface area is 175 Å². The van der Waals surface area contributed by atoms with Crippen LogP contribution in [0.1, 0.15) is 37.7 Å². The monoisotopic (exact) mass is 406 g/mol. The normalized spacial score (nSPS) is 15.0. The third-order valence-corrected chi connectivity index (χ3v) is 5.21. The van der Waals surface area contributed by atoms with E-state index in [1.807, 2.05) is 12.1 Å². The second-order valence-corrected chi connectivity index (χ2v) is 7.48. The maximum Gasteiger partial charge on any atom is 0.191 e. The zero-order chi connectivity index (χ0) is 20.9. The average molecular weight is 407 g/mol. The van der Waals surface area contributed by atoms with E-state index < -0.39 is 0 Å². The van der Waals surface area contributed by atoms with E-state index >= 15 is 0 Å². The van der Waals surface area contributed by atoms with Crippen LogP contribution >= 0.6 is 0 Å². The van der Waals surface area contributed by atoms with Crippen LogP contribution in [-0.2, 0) is 11.3 Å². The Hall–Kier alpha value is -1.99. The van der Waals surface area contributed by atoms with Gasteiger partial charge in [-0.1, -0.05) is 12.1 Å². The van der Waals surface area contributed by atoms with Crippen LogP contribution in [0.2, 0.25) is 0 Å². The molecule has 1 aromatic rings. The maximum atomic E-state index is 6.31. The van der Waals surface area contributed by atoms with E-state index in [0.717, 1.165) is 68.5 Å². The van der Waals surface area contributed by atoms with E-state index in [-0.39, 0.29) is 6.10 Å². The van der Waals surface area contributed by atoms with Crippen molar-refractivity contribution in [1.29, 1.82) is 0 Å². The Morgan fingerprint density at radius 1 is 1.17 bits per heavy atom. The van der Waals surface area contributed by atoms with Crippen LogP contribution in [0.4, 0.5) is 0 Å². The lowest BCUT2D eigenvalue weighted by molar-refractivity contribution is 0.180. The molecule has 0 amide bonds. The predicted octanol–water partition coefficient (Wildman–Crippen LogP) is 2.65. The van der Waals surface area contributed by atoms with Gasteiger partial charge in [0.05, 0.1) is 13.2 Å². The van der Waals surface area contributed by atoms with E-state index in [1.54, 1.807) is 21.3 Å². The molecule has 0 bridgehead atoms. The van der Waals surface area contributed by atoms with Crippen molar-refractivity contribution < 1.29 is 14.2 Å². The highest BCUT2D eigenvalue weighted by Gasteiger charge is 2.20. The second-order valence-electron chi connectivity index (χ2n) is 7.48. The van der Waals surface area contributed by atoms with Crippen molar-refractivity contribution in [3.63, 3.8) is 0 Å². The van der Waals surface area contributed by atoms with Gasteiger partial charge in [0.25, 0.3) is 0 Å². The number of ether oxygens (including phenoxy) is 3. The summed E-state index contributed by atoms with van der Waals surface area (Å²) in [6, 6.07) is 6.04. The molecule has 0 radical (unpaired) electrons. The van der Waals surface area contributed by atoms with Gasteiger partial charge in [-0.25, -0.2) is 0 Å². The lowest BCUT2D eigenvalue weighted by Crippen LogP contribution is -2.40. The lowest BCUT2D eigenvalue weighted by atomic mass is 10.1. The number of nitrogens with zero attached hydrogens (tertiary/aromatic N) is 2. The topological polar surface area (TPSA) is 67.4 Å². The summed E-state index contributed by atoms with van der Waals surface area (Å²) in [5.41, 5.74) is 1.08. The van der Waals surface area contributed by atoms with Crippen molar-refractivity contribution in [2.24, 2.45) is 4.99 Å². The minimum atomic E-state index is 0.288. The summed E-state index contributed by atoms with van der Waals surface area (Å²) >= 11 is 0. The molecule has 2 rings (SSSR count). The summed E-state index contributed by atoms with van der Waals surface area (Å²) in [6.07, 6.45) is 6.04. The van der Waals surface area contributed by atoms with E-state index in [1.165, 1.54) is 12.8 Å². The second kappa shape index (κ2) is 13.3. The summed E-state index contributed by atoms with van der Waals surface area (Å²) < 4.78 is 17.0. The quantitative estimate of drug-likeness (QED) is 0.316. The fourth-order valence-corrected chi connectivity index (χ4v) is 3.52. The molecule has 0 aliphatic heterocycles. The Bertz CT molecular complexity index is 618. The minimum absolute atomic E-state index is 0.288. The van der Waals surface area contributed by atoms with Crippen LogP contribution < -0.4 is 20.1 Å². The van der Waals surface area contributed by atoms with Gasteiger partial charge in [0.2, 0.25) is 0 Å². The molecule has 29 heavy (non-hydrogen) atoms. The van der Waals surface area contributed by atoms with Crippen molar-refractivity contribution in [2.75, 3.05) is 54.6 Å². The highest BCUT2D eigenvalue weighted by Crippen LogP contribution is 2.34. The van der Waals surface area contributed by atoms with Crippen molar-refractivity contribution in [1.82, 2.24) is 15.5 Å². The lowest BCUT2D eigenvalue weighted by Gasteiger charge is -2.21. The molecule has 0 heterocycles. The van der Waals surface area contributed by atoms with Crippen molar-refractivity contribution in [2.45, 2.75) is 44.8 Å². The Morgan fingerprint density at radius 2 is 1.97 bits per heavy atom. The highest BCUT2D eigenvalue weighted by molar-refractivity contribution is 5.79. The van der Waals surface area contributed by atoms with Crippen LogP contribution in [0.3, 0.4) is 0 Å². The molecule has 1 fully saturated rings. The third kappa shape index (κ3) is 8.11. The number of benzene rings is 1. The molecule has 2 N–H and O–H groups in total. The summed E-state index contributed by atoms with van der Waals surface area (Å²) in [4.78, 5) is 6.62. The molecule has 0 aromatic heterocycles. The predicted molar refractivity (Wildman–Crippen MR) is 118 cm³/mol. The molecule has 0 unspecified atom stereocenters. The molecule has 0 spiro atoms. The zero-order valence-electron chi connectivity index (χ0n) is 18.5. The molecule has 1 aliphatic carbocycles. The summed E-state index contributed by atoms with van der Waals surface area (Å²) in [7, 11) is 7.34. The maximum absolute atomic E-state index is 6.31. The van der Waals surface area contributed by atoms with Crippen molar-refractivity contribution in [3.05, 3.63) is 23.8 Å². The largest absolute Gasteiger partial charge is 0.493 e. The first-order valence-corrected chi connectivity index (χ1v) is 10.6. The molecule has 7 nitrogen and oxygen atoms in total. The zero-order valence-corrected chi connectivity index (χ0v) is 18.5. The van der Waals surface area contributed by atoms with Gasteiger partial charge in [-0.15, -0.1) is 0 Å². The van der Waals surface area contributed by atoms with Crippen LogP contribution in [0.15, 0.2) is 23.2 Å². The highest BCUT2D eigenvalue weighted by atomic mass is 16.5. The van der Waals surface area contributed by atoms with E-state index in [0.29, 0.717) is 6.54 Å². The van der Waals surface area contributed by atoms with Crippen LogP contribution in [0.5, 0.6) is 11.5 Å². The molecule has 164 valence electrons. The molecule has 7 heteroatoms. The van der Waals surface area contributed by atoms with Gasteiger partial charge in [-0.05, 0) is 45.2 Å². The first-order chi connectivity index (χ1) is 14.2. The van der Waals surface area contributed by atoms with Crippen LogP contribution in [0.25, 0.3) is 0 Å². The number of rotatable bonds is 12. The third-order valence-electron chi connectivity index (χ3n) is 5.21. The van der Waals surface area contributed by atoms with E-state index in [9.17, 15) is 0 Å². The standard InChI is InChI=1S/C22H38N4O3/c1-23-22(24-13-15-26(2)14-8-16-27-3)25-17-18-9-7-12-20(28-4)21(18)29-19-10-5-6-11-19/h7,9,12,19H,5-6,8,10-11,13-17H2,1-4H3,(H2,23,24,25). The average Bonchev–Trinajstić information content (AvgIpc) is 3.24. The van der Waals surface area contributed by atoms with Gasteiger partial charge in [-0.2, -0.15) is 0 Å². The first-order valence-electron chi connectivity index (χ1n) is 10.6. The summed E-state index contributed by atoms with van der Waals surface area (Å²) in [5, 5.41) is 6.77. The van der Waals surface area contributed by atoms with Crippen LogP contribution in [0, 0.1) is 0 Å². The fourth-order valence-electron chi connectivity index (χ4n) is 3.52. The number of hydrogen-bond acceptors (Lipinski definition) is 5. The molecule has 1 aliphatic rings. The van der Waals surface area contributed by atoms with E-state index in [2.05, 4.69) is 33.6 Å². The molecular formula is C22H38N4O3. The number of para-hydroxylation sites is 1. The number of aliphatic imine (C=N–C) groups is 1. The smallest absolute Gasteiger partial charge is 0.191 e. The fraction of sp³-hybridized carbons (Fsp3) is 0.682. The van der Waals surface area contributed by atoms with Crippen molar-refractivity contribution >= 4 is 5.96 Å². The van der Waals surface area contributed by atoms with Gasteiger partial charge >= 0.3 is 0 Å². The number of nitrogens with one attached hydrogen (secondary N) is 2. The Balaban J connectivity index is 1.85. The van der Waals surface area contributed by atoms with Gasteiger partial charge in [0.15, 0.2) is 17.5 Å². The van der Waals surface area contributed by atoms with Gasteiger partial charge in [-0.3, -0.25) is 4.99 Å². The number of likely N-dealkylation sites (N-methyl/N-ethyl adjacent to an activating group) is 1. The molecule has 1 saturated carbocycles. The number of methoxy groups -OCH3 is 2. The minimum Gasteiger partial charge on any atom is -0.493 e. The summed E-state index contributed by atoms with van der Waals surface area (Å²) in [6.45, 7) is 4.22. The Kier molecular flexibility index (Phi) is 10.7. The van der Waals surface area contributed by atoms with Gasteiger partial charge in [0.1, 0.15) is 0 Å². The van der Waals surface area contributed by atoms with Gasteiger partial charge < -0.3 is 29.7 Å². The first kappa shape index (κ1) is 23.3. The Morgan fingerprint density at radius 3 is 2.66 bits per heavy atom. The molecular weight excluding hydrogens is 368 g/mol. The molecule has 1 aromatic carbocycles. The SMILES string of the molecule is CN=C(NCCN(C)CCCOC)NCc1cccc(OC)c1OC1CCCC1. The number of hydrogen-bond donors (Lipinski definition) is 2.